The lowest BCUT2D eigenvalue weighted by molar-refractivity contribution is -0.0767. The molecule has 1 aliphatic heterocycles. The van der Waals surface area contributed by atoms with Crippen LogP contribution in [0.3, 0.4) is 0 Å². The van der Waals surface area contributed by atoms with Crippen molar-refractivity contribution in [2.24, 2.45) is 0 Å². The molecule has 0 radical (unpaired) electrons. The maximum atomic E-state index is 12.9. The van der Waals surface area contributed by atoms with Crippen LogP contribution in [0.25, 0.3) is 0 Å². The van der Waals surface area contributed by atoms with Crippen molar-refractivity contribution in [3.05, 3.63) is 34.6 Å². The maximum Gasteiger partial charge on any atom is 0.123 e. The molecule has 15 heavy (non-hydrogen) atoms. The SMILES string of the molecule is CC1(OCc2cc(F)ccc2Cl)CNC1. The summed E-state index contributed by atoms with van der Waals surface area (Å²) < 4.78 is 18.6. The topological polar surface area (TPSA) is 21.3 Å². The van der Waals surface area contributed by atoms with Crippen LogP contribution in [0.5, 0.6) is 0 Å². The van der Waals surface area contributed by atoms with Gasteiger partial charge in [-0.1, -0.05) is 11.6 Å². The van der Waals surface area contributed by atoms with Gasteiger partial charge in [-0.3, -0.25) is 0 Å². The zero-order chi connectivity index (χ0) is 10.9. The lowest BCUT2D eigenvalue weighted by atomic mass is 10.00. The van der Waals surface area contributed by atoms with Crippen molar-refractivity contribution < 1.29 is 9.13 Å². The summed E-state index contributed by atoms with van der Waals surface area (Å²) in [6, 6.07) is 4.31. The van der Waals surface area contributed by atoms with E-state index in [-0.39, 0.29) is 11.4 Å². The van der Waals surface area contributed by atoms with Crippen molar-refractivity contribution in [1.29, 1.82) is 0 Å². The Hall–Kier alpha value is -0.640. The highest BCUT2D eigenvalue weighted by Gasteiger charge is 2.32. The van der Waals surface area contributed by atoms with E-state index in [9.17, 15) is 4.39 Å². The lowest BCUT2D eigenvalue weighted by Crippen LogP contribution is -2.58. The fourth-order valence-corrected chi connectivity index (χ4v) is 1.66. The maximum absolute atomic E-state index is 12.9. The molecule has 1 saturated heterocycles. The van der Waals surface area contributed by atoms with E-state index in [1.807, 2.05) is 6.92 Å². The summed E-state index contributed by atoms with van der Waals surface area (Å²) in [6.45, 7) is 4.05. The van der Waals surface area contributed by atoms with Crippen molar-refractivity contribution in [2.75, 3.05) is 13.1 Å². The number of halogens is 2. The van der Waals surface area contributed by atoms with Gasteiger partial charge in [-0.15, -0.1) is 0 Å². The Morgan fingerprint density at radius 3 is 2.87 bits per heavy atom. The minimum Gasteiger partial charge on any atom is -0.368 e. The van der Waals surface area contributed by atoms with E-state index in [2.05, 4.69) is 5.32 Å². The van der Waals surface area contributed by atoms with E-state index in [4.69, 9.17) is 16.3 Å². The van der Waals surface area contributed by atoms with Crippen molar-refractivity contribution in [2.45, 2.75) is 19.1 Å². The normalized spacial score (nSPS) is 18.6. The number of rotatable bonds is 3. The number of hydrogen-bond donors (Lipinski definition) is 1. The van der Waals surface area contributed by atoms with Crippen LogP contribution >= 0.6 is 11.6 Å². The van der Waals surface area contributed by atoms with Crippen LogP contribution in [0.15, 0.2) is 18.2 Å². The third kappa shape index (κ3) is 2.48. The second-order valence-corrected chi connectivity index (χ2v) is 4.49. The van der Waals surface area contributed by atoms with Gasteiger partial charge in [-0.2, -0.15) is 0 Å². The van der Waals surface area contributed by atoms with Gasteiger partial charge < -0.3 is 10.1 Å². The van der Waals surface area contributed by atoms with Gasteiger partial charge in [0.05, 0.1) is 12.2 Å². The first-order valence-corrected chi connectivity index (χ1v) is 5.25. The Morgan fingerprint density at radius 2 is 2.27 bits per heavy atom. The van der Waals surface area contributed by atoms with Crippen LogP contribution in [0.2, 0.25) is 5.02 Å². The second kappa shape index (κ2) is 4.08. The average Bonchev–Trinajstić information content (AvgIpc) is 2.17. The predicted molar refractivity (Wildman–Crippen MR) is 57.5 cm³/mol. The first-order chi connectivity index (χ1) is 7.09. The number of benzene rings is 1. The molecule has 0 saturated carbocycles. The minimum absolute atomic E-state index is 0.129. The van der Waals surface area contributed by atoms with Crippen LogP contribution in [-0.4, -0.2) is 18.7 Å². The van der Waals surface area contributed by atoms with Crippen LogP contribution in [0, 0.1) is 5.82 Å². The third-order valence-corrected chi connectivity index (χ3v) is 2.95. The van der Waals surface area contributed by atoms with Crippen LogP contribution in [0.1, 0.15) is 12.5 Å². The highest BCUT2D eigenvalue weighted by atomic mass is 35.5. The van der Waals surface area contributed by atoms with Gasteiger partial charge in [0.15, 0.2) is 0 Å². The summed E-state index contributed by atoms with van der Waals surface area (Å²) in [7, 11) is 0. The average molecular weight is 230 g/mol. The number of ether oxygens (including phenoxy) is 1. The van der Waals surface area contributed by atoms with Gasteiger partial charge >= 0.3 is 0 Å². The number of nitrogens with one attached hydrogen (secondary N) is 1. The molecule has 82 valence electrons. The molecule has 1 N–H and O–H groups in total. The predicted octanol–water partition coefficient (Wildman–Crippen LogP) is 2.36. The Labute approximate surface area is 93.4 Å². The molecule has 4 heteroatoms. The molecule has 2 nitrogen and oxygen atoms in total. The second-order valence-electron chi connectivity index (χ2n) is 4.08. The first kappa shape index (κ1) is 10.9. The summed E-state index contributed by atoms with van der Waals surface area (Å²) in [4.78, 5) is 0. The molecule has 1 fully saturated rings. The summed E-state index contributed by atoms with van der Waals surface area (Å²) in [5.41, 5.74) is 0.570. The van der Waals surface area contributed by atoms with Gasteiger partial charge in [0.1, 0.15) is 5.82 Å². The van der Waals surface area contributed by atoms with Crippen molar-refractivity contribution in [1.82, 2.24) is 5.32 Å². The molecular weight excluding hydrogens is 217 g/mol. The molecule has 1 aromatic rings. The summed E-state index contributed by atoms with van der Waals surface area (Å²) in [5, 5.41) is 3.68. The zero-order valence-corrected chi connectivity index (χ0v) is 9.27. The Kier molecular flexibility index (Phi) is 2.96. The standard InChI is InChI=1S/C11H13ClFNO/c1-11(6-14-7-11)15-5-8-4-9(13)2-3-10(8)12/h2-4,14H,5-7H2,1H3. The van der Waals surface area contributed by atoms with Gasteiger partial charge in [-0.25, -0.2) is 4.39 Å². The summed E-state index contributed by atoms with van der Waals surface area (Å²) in [5.74, 6) is -0.283. The van der Waals surface area contributed by atoms with E-state index in [0.717, 1.165) is 13.1 Å². The Bertz CT molecular complexity index is 366. The largest absolute Gasteiger partial charge is 0.368 e. The van der Waals surface area contributed by atoms with Crippen LogP contribution < -0.4 is 5.32 Å². The van der Waals surface area contributed by atoms with Crippen LogP contribution in [0.4, 0.5) is 4.39 Å². The molecule has 0 amide bonds. The van der Waals surface area contributed by atoms with Crippen molar-refractivity contribution in [3.8, 4) is 0 Å². The fourth-order valence-electron chi connectivity index (χ4n) is 1.49. The van der Waals surface area contributed by atoms with Crippen molar-refractivity contribution >= 4 is 11.6 Å². The highest BCUT2D eigenvalue weighted by molar-refractivity contribution is 6.31. The molecule has 0 aliphatic carbocycles. The first-order valence-electron chi connectivity index (χ1n) is 4.88. The van der Waals surface area contributed by atoms with E-state index in [1.54, 1.807) is 6.07 Å². The molecule has 0 atom stereocenters. The van der Waals surface area contributed by atoms with Gasteiger partial charge in [0.2, 0.25) is 0 Å². The molecule has 0 aromatic heterocycles. The molecule has 0 spiro atoms. The smallest absolute Gasteiger partial charge is 0.123 e. The van der Waals surface area contributed by atoms with E-state index < -0.39 is 0 Å². The summed E-state index contributed by atoms with van der Waals surface area (Å²) >= 11 is 5.92. The fraction of sp³-hybridized carbons (Fsp3) is 0.455. The molecule has 1 aromatic carbocycles. The van der Waals surface area contributed by atoms with Gasteiger partial charge in [-0.05, 0) is 30.7 Å². The quantitative estimate of drug-likeness (QED) is 0.859. The van der Waals surface area contributed by atoms with Crippen molar-refractivity contribution in [3.63, 3.8) is 0 Å². The molecular formula is C11H13ClFNO. The molecule has 0 unspecified atom stereocenters. The van der Waals surface area contributed by atoms with Gasteiger partial charge in [0.25, 0.3) is 0 Å². The van der Waals surface area contributed by atoms with Crippen LogP contribution in [-0.2, 0) is 11.3 Å². The van der Waals surface area contributed by atoms with E-state index in [1.165, 1.54) is 12.1 Å². The lowest BCUT2D eigenvalue weighted by Gasteiger charge is -2.39. The zero-order valence-electron chi connectivity index (χ0n) is 8.52. The molecule has 1 heterocycles. The highest BCUT2D eigenvalue weighted by Crippen LogP contribution is 2.22. The van der Waals surface area contributed by atoms with Gasteiger partial charge in [0, 0.05) is 18.1 Å². The monoisotopic (exact) mass is 229 g/mol. The Balaban J connectivity index is 2.01. The Morgan fingerprint density at radius 1 is 1.53 bits per heavy atom. The molecule has 0 bridgehead atoms. The van der Waals surface area contributed by atoms with E-state index >= 15 is 0 Å². The molecule has 1 aliphatic rings. The molecule has 2 rings (SSSR count). The summed E-state index contributed by atoms with van der Waals surface area (Å²) in [6.07, 6.45) is 0. The minimum atomic E-state index is -0.283. The third-order valence-electron chi connectivity index (χ3n) is 2.58. The van der Waals surface area contributed by atoms with E-state index in [0.29, 0.717) is 17.2 Å². The number of hydrogen-bond acceptors (Lipinski definition) is 2.